The Hall–Kier alpha value is -2.09. The summed E-state index contributed by atoms with van der Waals surface area (Å²) in [5.41, 5.74) is 0.477. The molecule has 1 amide bonds. The van der Waals surface area contributed by atoms with Crippen molar-refractivity contribution in [2.75, 3.05) is 17.1 Å². The second-order valence-electron chi connectivity index (χ2n) is 7.10. The van der Waals surface area contributed by atoms with Crippen molar-refractivity contribution in [1.82, 2.24) is 5.32 Å². The highest BCUT2D eigenvalue weighted by molar-refractivity contribution is 7.92. The van der Waals surface area contributed by atoms with E-state index in [0.717, 1.165) is 25.7 Å². The molecule has 27 heavy (non-hydrogen) atoms. The average molecular weight is 397 g/mol. The van der Waals surface area contributed by atoms with Crippen molar-refractivity contribution < 1.29 is 22.7 Å². The normalized spacial score (nSPS) is 19.9. The predicted molar refractivity (Wildman–Crippen MR) is 104 cm³/mol. The Bertz CT molecular complexity index is 755. The standard InChI is InChI=1S/C19H28N2O5S/c1-3-11-27(24,25)21-17-6-4-5-15(12-17)19(23)26-13-18(22)20-16-9-7-14(2)8-10-16/h4-6,12,14,16,21H,3,7-11,13H2,1-2H3,(H,20,22). The maximum Gasteiger partial charge on any atom is 0.338 e. The summed E-state index contributed by atoms with van der Waals surface area (Å²) in [7, 11) is -3.44. The molecule has 2 N–H and O–H groups in total. The largest absolute Gasteiger partial charge is 0.452 e. The minimum Gasteiger partial charge on any atom is -0.452 e. The van der Waals surface area contributed by atoms with Crippen LogP contribution in [0.1, 0.15) is 56.3 Å². The van der Waals surface area contributed by atoms with Crippen LogP contribution in [0.4, 0.5) is 5.69 Å². The van der Waals surface area contributed by atoms with Crippen LogP contribution in [0.15, 0.2) is 24.3 Å². The Morgan fingerprint density at radius 2 is 1.89 bits per heavy atom. The van der Waals surface area contributed by atoms with Crippen molar-refractivity contribution >= 4 is 27.6 Å². The van der Waals surface area contributed by atoms with Crippen LogP contribution < -0.4 is 10.0 Å². The number of carbonyl (C=O) groups is 2. The Kier molecular flexibility index (Phi) is 7.65. The minimum absolute atomic E-state index is 0.00178. The van der Waals surface area contributed by atoms with Gasteiger partial charge in [0, 0.05) is 11.7 Å². The number of nitrogens with one attached hydrogen (secondary N) is 2. The molecular formula is C19H28N2O5S. The number of esters is 1. The van der Waals surface area contributed by atoms with Crippen LogP contribution in [0.25, 0.3) is 0 Å². The summed E-state index contributed by atoms with van der Waals surface area (Å²) in [6.07, 6.45) is 4.56. The zero-order valence-corrected chi connectivity index (χ0v) is 16.7. The number of hydrogen-bond donors (Lipinski definition) is 2. The summed E-state index contributed by atoms with van der Waals surface area (Å²) in [5.74, 6) is -0.290. The third-order valence-corrected chi connectivity index (χ3v) is 6.05. The summed E-state index contributed by atoms with van der Waals surface area (Å²) in [6, 6.07) is 6.17. The zero-order chi connectivity index (χ0) is 19.9. The molecule has 150 valence electrons. The first kappa shape index (κ1) is 21.2. The fraction of sp³-hybridized carbons (Fsp3) is 0.579. The second-order valence-corrected chi connectivity index (χ2v) is 8.94. The van der Waals surface area contributed by atoms with Crippen molar-refractivity contribution in [3.63, 3.8) is 0 Å². The summed E-state index contributed by atoms with van der Waals surface area (Å²) >= 11 is 0. The third-order valence-electron chi connectivity index (χ3n) is 4.56. The van der Waals surface area contributed by atoms with Gasteiger partial charge in [0.2, 0.25) is 10.0 Å². The fourth-order valence-corrected chi connectivity index (χ4v) is 4.22. The first-order chi connectivity index (χ1) is 12.8. The van der Waals surface area contributed by atoms with Crippen LogP contribution in [0.5, 0.6) is 0 Å². The predicted octanol–water partition coefficient (Wildman–Crippen LogP) is 2.69. The van der Waals surface area contributed by atoms with Gasteiger partial charge in [0.1, 0.15) is 0 Å². The molecule has 0 atom stereocenters. The molecule has 1 fully saturated rings. The Morgan fingerprint density at radius 3 is 2.56 bits per heavy atom. The van der Waals surface area contributed by atoms with E-state index >= 15 is 0 Å². The lowest BCUT2D eigenvalue weighted by molar-refractivity contribution is -0.125. The van der Waals surface area contributed by atoms with Gasteiger partial charge in [0.25, 0.3) is 5.91 Å². The average Bonchev–Trinajstić information content (AvgIpc) is 2.61. The first-order valence-corrected chi connectivity index (χ1v) is 11.0. The van der Waals surface area contributed by atoms with Gasteiger partial charge < -0.3 is 10.1 Å². The van der Waals surface area contributed by atoms with E-state index in [-0.39, 0.29) is 29.9 Å². The molecule has 0 bridgehead atoms. The molecule has 1 saturated carbocycles. The van der Waals surface area contributed by atoms with Gasteiger partial charge in [0.05, 0.1) is 11.3 Å². The number of hydrogen-bond acceptors (Lipinski definition) is 5. The van der Waals surface area contributed by atoms with Gasteiger partial charge in [-0.05, 0) is 56.2 Å². The molecule has 1 aliphatic rings. The van der Waals surface area contributed by atoms with E-state index in [4.69, 9.17) is 4.74 Å². The number of benzene rings is 1. The van der Waals surface area contributed by atoms with Gasteiger partial charge in [-0.2, -0.15) is 0 Å². The SMILES string of the molecule is CCCS(=O)(=O)Nc1cccc(C(=O)OCC(=O)NC2CCC(C)CC2)c1. The summed E-state index contributed by atoms with van der Waals surface area (Å²) in [5, 5.41) is 2.89. The number of anilines is 1. The number of amides is 1. The molecule has 1 aliphatic carbocycles. The van der Waals surface area contributed by atoms with E-state index in [1.165, 1.54) is 12.1 Å². The highest BCUT2D eigenvalue weighted by Gasteiger charge is 2.20. The van der Waals surface area contributed by atoms with Gasteiger partial charge in [-0.25, -0.2) is 13.2 Å². The monoisotopic (exact) mass is 396 g/mol. The fourth-order valence-electron chi connectivity index (χ4n) is 3.10. The highest BCUT2D eigenvalue weighted by Crippen LogP contribution is 2.23. The van der Waals surface area contributed by atoms with Crippen LogP contribution in [0.2, 0.25) is 0 Å². The molecule has 7 nitrogen and oxygen atoms in total. The van der Waals surface area contributed by atoms with Crippen LogP contribution in [-0.4, -0.2) is 38.7 Å². The summed E-state index contributed by atoms with van der Waals surface area (Å²) in [6.45, 7) is 3.62. The lowest BCUT2D eigenvalue weighted by Gasteiger charge is -2.26. The third kappa shape index (κ3) is 7.21. The van der Waals surface area contributed by atoms with Crippen molar-refractivity contribution in [1.29, 1.82) is 0 Å². The van der Waals surface area contributed by atoms with Crippen LogP contribution in [-0.2, 0) is 19.6 Å². The van der Waals surface area contributed by atoms with Gasteiger partial charge in [0.15, 0.2) is 6.61 Å². The second kappa shape index (κ2) is 9.73. The molecule has 0 radical (unpaired) electrons. The van der Waals surface area contributed by atoms with E-state index in [9.17, 15) is 18.0 Å². The molecule has 0 unspecified atom stereocenters. The molecule has 2 rings (SSSR count). The topological polar surface area (TPSA) is 102 Å². The molecule has 1 aromatic carbocycles. The zero-order valence-electron chi connectivity index (χ0n) is 15.9. The van der Waals surface area contributed by atoms with Gasteiger partial charge >= 0.3 is 5.97 Å². The molecule has 0 aliphatic heterocycles. The summed E-state index contributed by atoms with van der Waals surface area (Å²) in [4.78, 5) is 24.1. The van der Waals surface area contributed by atoms with E-state index in [1.807, 2.05) is 0 Å². The lowest BCUT2D eigenvalue weighted by Crippen LogP contribution is -2.39. The molecule has 0 aromatic heterocycles. The van der Waals surface area contributed by atoms with Gasteiger partial charge in [-0.15, -0.1) is 0 Å². The van der Waals surface area contributed by atoms with Crippen LogP contribution in [0, 0.1) is 5.92 Å². The first-order valence-electron chi connectivity index (χ1n) is 9.36. The smallest absolute Gasteiger partial charge is 0.338 e. The molecule has 0 spiro atoms. The highest BCUT2D eigenvalue weighted by atomic mass is 32.2. The molecular weight excluding hydrogens is 368 g/mol. The number of ether oxygens (including phenoxy) is 1. The number of rotatable bonds is 8. The van der Waals surface area contributed by atoms with Crippen molar-refractivity contribution in [2.45, 2.75) is 52.0 Å². The maximum absolute atomic E-state index is 12.1. The van der Waals surface area contributed by atoms with Crippen molar-refractivity contribution in [3.05, 3.63) is 29.8 Å². The van der Waals surface area contributed by atoms with Gasteiger partial charge in [-0.1, -0.05) is 19.9 Å². The Labute approximate surface area is 160 Å². The molecule has 8 heteroatoms. The van der Waals surface area contributed by atoms with E-state index in [0.29, 0.717) is 18.0 Å². The molecule has 1 aromatic rings. The Balaban J connectivity index is 1.85. The molecule has 0 heterocycles. The van der Waals surface area contributed by atoms with E-state index < -0.39 is 16.0 Å². The quantitative estimate of drug-likeness (QED) is 0.658. The van der Waals surface area contributed by atoms with Crippen molar-refractivity contribution in [2.24, 2.45) is 5.92 Å². The lowest BCUT2D eigenvalue weighted by atomic mass is 9.87. The number of sulfonamides is 1. The van der Waals surface area contributed by atoms with Gasteiger partial charge in [-0.3, -0.25) is 9.52 Å². The number of carbonyl (C=O) groups excluding carboxylic acids is 2. The van der Waals surface area contributed by atoms with Crippen LogP contribution >= 0.6 is 0 Å². The van der Waals surface area contributed by atoms with E-state index in [1.54, 1.807) is 19.1 Å². The Morgan fingerprint density at radius 1 is 1.19 bits per heavy atom. The summed E-state index contributed by atoms with van der Waals surface area (Å²) < 4.78 is 31.1. The molecule has 0 saturated heterocycles. The maximum atomic E-state index is 12.1. The van der Waals surface area contributed by atoms with E-state index in [2.05, 4.69) is 17.0 Å². The van der Waals surface area contributed by atoms with Crippen molar-refractivity contribution in [3.8, 4) is 0 Å². The minimum atomic E-state index is -3.44. The van der Waals surface area contributed by atoms with Crippen LogP contribution in [0.3, 0.4) is 0 Å².